The molecule has 436 valence electrons. The van der Waals surface area contributed by atoms with Gasteiger partial charge in [0.15, 0.2) is 11.6 Å². The fraction of sp³-hybridized carbons (Fsp3) is 0.660. The number of ether oxygens (including phenoxy) is 2. The van der Waals surface area contributed by atoms with Gasteiger partial charge in [0.2, 0.25) is 41.4 Å². The van der Waals surface area contributed by atoms with Crippen LogP contribution in [-0.4, -0.2) is 182 Å². The molecule has 79 heavy (non-hydrogen) atoms. The molecule has 3 unspecified atom stereocenters. The van der Waals surface area contributed by atoms with Crippen LogP contribution < -0.4 is 37.1 Å². The molecule has 0 radical (unpaired) electrons. The number of hydrogen-bond acceptors (Lipinski definition) is 16. The number of aromatic nitrogens is 1. The quantitative estimate of drug-likeness (QED) is 0.144. The monoisotopic (exact) mass is 1140 g/mol. The molecule has 6 rings (SSSR count). The van der Waals surface area contributed by atoms with Crippen molar-refractivity contribution in [1.82, 2.24) is 41.4 Å². The SMILES string of the molecule is CC[C@H](C)[C@@H]1CC(=O)CNC(=O)[C@H]2CC(=O)[C@H]([C@@H](C)[C@@H](O)CO)NC(=O)[C@@H]3CC(C)CN3C(=O)[C@H](CC(N)=O)NC(=O)[C@H](CS(=O)c3[nH]c4c(CSC5CCN(C(=O)OC(C)(C)C)C5)c(OC)ccc4c3C2)NC(=O)CNC1=O. The molecular formula is C53H77N9O15S2. The second-order valence-corrected chi connectivity index (χ2v) is 25.0. The van der Waals surface area contributed by atoms with E-state index in [2.05, 4.69) is 31.6 Å². The molecule has 4 aliphatic rings. The molecule has 12 atom stereocenters. The molecule has 10 N–H and O–H groups in total. The van der Waals surface area contributed by atoms with E-state index in [-0.39, 0.29) is 53.3 Å². The highest BCUT2D eigenvalue weighted by atomic mass is 32.2. The third-order valence-electron chi connectivity index (χ3n) is 15.1. The topological polar surface area (TPSA) is 355 Å². The molecule has 1 aromatic heterocycles. The van der Waals surface area contributed by atoms with Gasteiger partial charge in [-0.1, -0.05) is 34.1 Å². The number of nitrogens with zero attached hydrogens (tertiary/aromatic N) is 2. The molecule has 24 nitrogen and oxygen atoms in total. The van der Waals surface area contributed by atoms with Crippen molar-refractivity contribution < 1.29 is 71.8 Å². The first-order valence-electron chi connectivity index (χ1n) is 26.8. The van der Waals surface area contributed by atoms with Gasteiger partial charge in [-0.3, -0.25) is 47.4 Å². The lowest BCUT2D eigenvalue weighted by Crippen LogP contribution is -2.60. The minimum absolute atomic E-state index is 0.0484. The Morgan fingerprint density at radius 2 is 1.65 bits per heavy atom. The lowest BCUT2D eigenvalue weighted by Gasteiger charge is -2.32. The van der Waals surface area contributed by atoms with Crippen LogP contribution in [0.15, 0.2) is 17.2 Å². The van der Waals surface area contributed by atoms with E-state index in [0.29, 0.717) is 48.1 Å². The molecule has 2 aromatic rings. The third kappa shape index (κ3) is 15.6. The number of thioether (sulfide) groups is 1. The van der Waals surface area contributed by atoms with Crippen LogP contribution >= 0.6 is 11.8 Å². The Balaban J connectivity index is 1.55. The highest BCUT2D eigenvalue weighted by molar-refractivity contribution is 7.99. The van der Waals surface area contributed by atoms with Gasteiger partial charge in [-0.15, -0.1) is 0 Å². The van der Waals surface area contributed by atoms with Crippen LogP contribution in [0.2, 0.25) is 0 Å². The van der Waals surface area contributed by atoms with E-state index in [4.69, 9.17) is 15.2 Å². The first-order valence-corrected chi connectivity index (χ1v) is 29.2. The van der Waals surface area contributed by atoms with Crippen LogP contribution in [0.4, 0.5) is 4.79 Å². The van der Waals surface area contributed by atoms with Crippen LogP contribution in [0.25, 0.3) is 10.9 Å². The average Bonchev–Trinajstić information content (AvgIpc) is 4.37. The predicted octanol–water partition coefficient (Wildman–Crippen LogP) is 0.0818. The number of Topliss-reactive ketones (excluding diaryl/α,β-unsaturated/α-hetero) is 2. The van der Waals surface area contributed by atoms with E-state index in [9.17, 15) is 53.4 Å². The van der Waals surface area contributed by atoms with E-state index < -0.39 is 168 Å². The van der Waals surface area contributed by atoms with E-state index in [1.165, 1.54) is 25.8 Å². The highest BCUT2D eigenvalue weighted by Crippen LogP contribution is 2.39. The Labute approximate surface area is 465 Å². The number of rotatable bonds is 11. The smallest absolute Gasteiger partial charge is 0.410 e. The largest absolute Gasteiger partial charge is 0.496 e. The molecule has 0 aliphatic carbocycles. The van der Waals surface area contributed by atoms with E-state index in [1.54, 1.807) is 58.6 Å². The Morgan fingerprint density at radius 3 is 2.30 bits per heavy atom. The molecule has 0 saturated carbocycles. The number of amides is 8. The maximum absolute atomic E-state index is 15.3. The van der Waals surface area contributed by atoms with Gasteiger partial charge in [-0.2, -0.15) is 11.8 Å². The second kappa shape index (κ2) is 26.9. The number of nitrogens with two attached hydrogens (primary N) is 1. The fourth-order valence-electron chi connectivity index (χ4n) is 10.5. The van der Waals surface area contributed by atoms with Crippen LogP contribution in [0.3, 0.4) is 0 Å². The summed E-state index contributed by atoms with van der Waals surface area (Å²) in [5.41, 5.74) is 6.13. The van der Waals surface area contributed by atoms with E-state index >= 15 is 9.00 Å². The number of aliphatic hydroxyl groups is 2. The van der Waals surface area contributed by atoms with Crippen molar-refractivity contribution in [3.05, 3.63) is 23.3 Å². The normalized spacial score (nSPS) is 27.6. The number of aliphatic hydroxyl groups excluding tert-OH is 2. The number of nitrogens with one attached hydrogen (secondary N) is 6. The molecule has 2 fully saturated rings. The maximum Gasteiger partial charge on any atom is 0.410 e. The van der Waals surface area contributed by atoms with Crippen LogP contribution in [0.1, 0.15) is 98.1 Å². The van der Waals surface area contributed by atoms with Crippen molar-refractivity contribution >= 4 is 92.5 Å². The molecule has 8 amide bonds. The summed E-state index contributed by atoms with van der Waals surface area (Å²) in [6.45, 7) is 10.7. The lowest BCUT2D eigenvalue weighted by atomic mass is 9.85. The zero-order valence-corrected chi connectivity index (χ0v) is 47.7. The fourth-order valence-corrected chi connectivity index (χ4v) is 13.1. The first-order chi connectivity index (χ1) is 37.2. The van der Waals surface area contributed by atoms with Crippen molar-refractivity contribution in [2.45, 2.75) is 145 Å². The number of benzene rings is 1. The van der Waals surface area contributed by atoms with Crippen LogP contribution in [0.5, 0.6) is 5.75 Å². The Bertz CT molecular complexity index is 2700. The van der Waals surface area contributed by atoms with Gasteiger partial charge < -0.3 is 66.8 Å². The van der Waals surface area contributed by atoms with E-state index in [1.807, 2.05) is 0 Å². The van der Waals surface area contributed by atoms with Gasteiger partial charge in [0.25, 0.3) is 0 Å². The summed E-state index contributed by atoms with van der Waals surface area (Å²) in [5, 5.41) is 34.4. The maximum atomic E-state index is 15.3. The number of likely N-dealkylation sites (tertiary alicyclic amines) is 1. The minimum Gasteiger partial charge on any atom is -0.496 e. The summed E-state index contributed by atoms with van der Waals surface area (Å²) >= 11 is 1.52. The zero-order valence-electron chi connectivity index (χ0n) is 46.1. The summed E-state index contributed by atoms with van der Waals surface area (Å²) < 4.78 is 26.8. The lowest BCUT2D eigenvalue weighted by molar-refractivity contribution is -0.143. The summed E-state index contributed by atoms with van der Waals surface area (Å²) in [6.07, 6.45) is -3.09. The Kier molecular flexibility index (Phi) is 21.1. The molecule has 4 aliphatic heterocycles. The summed E-state index contributed by atoms with van der Waals surface area (Å²) in [4.78, 5) is 147. The molecule has 1 aromatic carbocycles. The minimum atomic E-state index is -2.37. The van der Waals surface area contributed by atoms with Crippen molar-refractivity contribution in [2.75, 3.05) is 52.2 Å². The molecular weight excluding hydrogens is 1070 g/mol. The number of fused-ring (bicyclic) bond motifs is 5. The number of H-pyrrole nitrogens is 1. The van der Waals surface area contributed by atoms with Crippen molar-refractivity contribution in [3.8, 4) is 5.75 Å². The van der Waals surface area contributed by atoms with Crippen molar-refractivity contribution in [1.29, 1.82) is 0 Å². The van der Waals surface area contributed by atoms with Gasteiger partial charge in [0.1, 0.15) is 34.5 Å². The number of carbonyl (C=O) groups is 10. The summed E-state index contributed by atoms with van der Waals surface area (Å²) in [5.74, 6) is -12.0. The van der Waals surface area contributed by atoms with Gasteiger partial charge in [-0.05, 0) is 69.6 Å². The zero-order chi connectivity index (χ0) is 58.2. The van der Waals surface area contributed by atoms with Gasteiger partial charge in [0, 0.05) is 72.2 Å². The summed E-state index contributed by atoms with van der Waals surface area (Å²) in [6, 6.07) is -3.08. The van der Waals surface area contributed by atoms with Gasteiger partial charge in [0.05, 0.1) is 67.4 Å². The number of aromatic amines is 1. The standard InChI is InChI=1S/C53H77N9O15S2/c1-9-27(3)33-17-30(64)19-55-46(69)29-15-34-32-10-11-41(76-8)35(24-78-31-12-13-61(22-31)52(74)77-53(5,6)7)45(32)60-50(34)79(75)25-37(57-43(68)20-56-47(33)70)48(71)58-36(18-42(54)67)51(73)62-21-26(2)14-38(62)49(72)59-44(39(65)16-29)28(4)40(66)23-63/h10-11,26-29,31,33,36-38,40,44,60,63,66H,9,12-25H2,1-8H3,(H2,54,67)(H,55,69)(H,56,70)(H,57,68)(H,58,71)(H,59,72)/t26?,27-,28-,29+,31?,33-,36-,37-,38-,40-,44-,79?/m0/s1. The molecule has 2 saturated heterocycles. The second-order valence-electron chi connectivity index (χ2n) is 22.3. The number of ketones is 2. The number of primary amides is 1. The highest BCUT2D eigenvalue weighted by Gasteiger charge is 2.45. The first kappa shape index (κ1) is 62.1. The molecule has 2 bridgehead atoms. The molecule has 0 spiro atoms. The Hall–Kier alpha value is -6.12. The van der Waals surface area contributed by atoms with Gasteiger partial charge in [-0.25, -0.2) is 4.79 Å². The number of carbonyl (C=O) groups excluding carboxylic acids is 10. The molecule has 5 heterocycles. The number of hydrogen-bond donors (Lipinski definition) is 9. The predicted molar refractivity (Wildman–Crippen MR) is 290 cm³/mol. The van der Waals surface area contributed by atoms with Gasteiger partial charge >= 0.3 is 6.09 Å². The third-order valence-corrected chi connectivity index (χ3v) is 17.9. The Morgan fingerprint density at radius 1 is 0.937 bits per heavy atom. The molecule has 26 heteroatoms. The van der Waals surface area contributed by atoms with Crippen molar-refractivity contribution in [3.63, 3.8) is 0 Å². The average molecular weight is 1140 g/mol. The van der Waals surface area contributed by atoms with E-state index in [0.717, 1.165) is 4.90 Å². The van der Waals surface area contributed by atoms with Crippen LogP contribution in [0, 0.1) is 29.6 Å². The van der Waals surface area contributed by atoms with Crippen molar-refractivity contribution in [2.24, 2.45) is 35.3 Å². The van der Waals surface area contributed by atoms with Crippen LogP contribution in [-0.2, 0) is 70.9 Å². The number of methoxy groups -OCH3 is 1. The summed E-state index contributed by atoms with van der Waals surface area (Å²) in [7, 11) is -0.908.